The first-order valence-corrected chi connectivity index (χ1v) is 7.82. The number of hydrogen-bond donors (Lipinski definition) is 1. The van der Waals surface area contributed by atoms with Gasteiger partial charge in [-0.3, -0.25) is 0 Å². The zero-order chi connectivity index (χ0) is 14.8. The summed E-state index contributed by atoms with van der Waals surface area (Å²) < 4.78 is 14.0. The molecule has 2 aromatic carbocycles. The molecule has 0 heterocycles. The summed E-state index contributed by atoms with van der Waals surface area (Å²) in [5.74, 6) is 0.144. The summed E-state index contributed by atoms with van der Waals surface area (Å²) in [6.45, 7) is 3.01. The maximum atomic E-state index is 14.0. The quantitative estimate of drug-likeness (QED) is 0.874. The van der Waals surface area contributed by atoms with Crippen LogP contribution in [0.3, 0.4) is 0 Å². The van der Waals surface area contributed by atoms with Gasteiger partial charge in [-0.2, -0.15) is 0 Å². The van der Waals surface area contributed by atoms with Crippen LogP contribution in [-0.4, -0.2) is 6.54 Å². The average molecular weight is 304 g/mol. The van der Waals surface area contributed by atoms with E-state index in [-0.39, 0.29) is 11.9 Å². The van der Waals surface area contributed by atoms with E-state index >= 15 is 0 Å². The average Bonchev–Trinajstić information content (AvgIpc) is 2.82. The van der Waals surface area contributed by atoms with Crippen LogP contribution in [0.15, 0.2) is 42.5 Å². The normalized spacial score (nSPS) is 20.5. The van der Waals surface area contributed by atoms with Gasteiger partial charge in [0.1, 0.15) is 5.82 Å². The minimum Gasteiger partial charge on any atom is -0.310 e. The van der Waals surface area contributed by atoms with Gasteiger partial charge in [0, 0.05) is 16.6 Å². The van der Waals surface area contributed by atoms with Gasteiger partial charge < -0.3 is 5.32 Å². The first-order valence-electron chi connectivity index (χ1n) is 7.44. The van der Waals surface area contributed by atoms with Crippen LogP contribution in [0.5, 0.6) is 0 Å². The van der Waals surface area contributed by atoms with Gasteiger partial charge in [0.25, 0.3) is 0 Å². The molecule has 0 aliphatic heterocycles. The summed E-state index contributed by atoms with van der Waals surface area (Å²) in [6.07, 6.45) is 1.64. The van der Waals surface area contributed by atoms with Crippen LogP contribution in [0.25, 0.3) is 0 Å². The molecule has 0 amide bonds. The number of hydrogen-bond acceptors (Lipinski definition) is 1. The standard InChI is InChI=1S/C18H19ClFN/c1-2-21-18-13(10-12-6-3-4-7-14(12)18)11-15-16(19)8-5-9-17(15)20/h3-9,13,18,21H,2,10-11H2,1H3. The van der Waals surface area contributed by atoms with Gasteiger partial charge >= 0.3 is 0 Å². The Balaban J connectivity index is 1.89. The van der Waals surface area contributed by atoms with E-state index in [1.165, 1.54) is 17.2 Å². The highest BCUT2D eigenvalue weighted by molar-refractivity contribution is 6.31. The largest absolute Gasteiger partial charge is 0.310 e. The highest BCUT2D eigenvalue weighted by Gasteiger charge is 2.32. The van der Waals surface area contributed by atoms with Crippen molar-refractivity contribution in [3.05, 3.63) is 70.0 Å². The highest BCUT2D eigenvalue weighted by Crippen LogP contribution is 2.39. The Hall–Kier alpha value is -1.38. The van der Waals surface area contributed by atoms with Crippen molar-refractivity contribution in [1.82, 2.24) is 5.32 Å². The minimum absolute atomic E-state index is 0.200. The Morgan fingerprint density at radius 2 is 2.00 bits per heavy atom. The van der Waals surface area contributed by atoms with Gasteiger partial charge in [-0.05, 0) is 48.6 Å². The Labute approximate surface area is 130 Å². The summed E-state index contributed by atoms with van der Waals surface area (Å²) >= 11 is 6.18. The summed E-state index contributed by atoms with van der Waals surface area (Å²) in [4.78, 5) is 0. The summed E-state index contributed by atoms with van der Waals surface area (Å²) in [5, 5.41) is 4.07. The highest BCUT2D eigenvalue weighted by atomic mass is 35.5. The molecule has 1 aliphatic rings. The predicted molar refractivity (Wildman–Crippen MR) is 85.2 cm³/mol. The molecule has 1 aliphatic carbocycles. The van der Waals surface area contributed by atoms with E-state index in [1.54, 1.807) is 12.1 Å². The molecule has 21 heavy (non-hydrogen) atoms. The van der Waals surface area contributed by atoms with E-state index in [1.807, 2.05) is 0 Å². The van der Waals surface area contributed by atoms with Crippen molar-refractivity contribution in [3.63, 3.8) is 0 Å². The molecule has 2 aromatic rings. The second-order valence-electron chi connectivity index (χ2n) is 5.60. The number of fused-ring (bicyclic) bond motifs is 1. The van der Waals surface area contributed by atoms with Crippen molar-refractivity contribution < 1.29 is 4.39 Å². The molecule has 3 heteroatoms. The summed E-state index contributed by atoms with van der Waals surface area (Å²) in [6, 6.07) is 13.7. The molecule has 0 saturated carbocycles. The first-order chi connectivity index (χ1) is 10.2. The zero-order valence-electron chi connectivity index (χ0n) is 12.1. The van der Waals surface area contributed by atoms with Gasteiger partial charge in [0.15, 0.2) is 0 Å². The Morgan fingerprint density at radius 1 is 1.19 bits per heavy atom. The van der Waals surface area contributed by atoms with Gasteiger partial charge in [0.05, 0.1) is 0 Å². The lowest BCUT2D eigenvalue weighted by atomic mass is 9.92. The summed E-state index contributed by atoms with van der Waals surface area (Å²) in [7, 11) is 0. The van der Waals surface area contributed by atoms with E-state index < -0.39 is 0 Å². The lowest BCUT2D eigenvalue weighted by molar-refractivity contribution is 0.389. The molecule has 0 spiro atoms. The van der Waals surface area contributed by atoms with E-state index in [2.05, 4.69) is 36.5 Å². The fraction of sp³-hybridized carbons (Fsp3) is 0.333. The Morgan fingerprint density at radius 3 is 2.76 bits per heavy atom. The topological polar surface area (TPSA) is 12.0 Å². The molecule has 1 N–H and O–H groups in total. The second-order valence-corrected chi connectivity index (χ2v) is 6.01. The van der Waals surface area contributed by atoms with Crippen LogP contribution >= 0.6 is 11.6 Å². The third kappa shape index (κ3) is 2.83. The van der Waals surface area contributed by atoms with Gasteiger partial charge in [0.2, 0.25) is 0 Å². The monoisotopic (exact) mass is 303 g/mol. The van der Waals surface area contributed by atoms with E-state index in [9.17, 15) is 4.39 Å². The van der Waals surface area contributed by atoms with Crippen molar-refractivity contribution in [2.45, 2.75) is 25.8 Å². The molecule has 2 unspecified atom stereocenters. The summed E-state index contributed by atoms with van der Waals surface area (Å²) in [5.41, 5.74) is 3.34. The maximum Gasteiger partial charge on any atom is 0.127 e. The van der Waals surface area contributed by atoms with Crippen LogP contribution in [-0.2, 0) is 12.8 Å². The SMILES string of the molecule is CCNC1c2ccccc2CC1Cc1c(F)cccc1Cl. The first kappa shape index (κ1) is 14.6. The number of benzene rings is 2. The number of nitrogens with one attached hydrogen (secondary N) is 1. The van der Waals surface area contributed by atoms with E-state index in [4.69, 9.17) is 11.6 Å². The van der Waals surface area contributed by atoms with Gasteiger partial charge in [-0.15, -0.1) is 0 Å². The molecule has 3 rings (SSSR count). The number of halogens is 2. The fourth-order valence-electron chi connectivity index (χ4n) is 3.35. The van der Waals surface area contributed by atoms with Crippen molar-refractivity contribution in [1.29, 1.82) is 0 Å². The van der Waals surface area contributed by atoms with Crippen molar-refractivity contribution >= 4 is 11.6 Å². The van der Waals surface area contributed by atoms with Crippen LogP contribution in [0, 0.1) is 11.7 Å². The third-order valence-electron chi connectivity index (χ3n) is 4.30. The van der Waals surface area contributed by atoms with Crippen LogP contribution < -0.4 is 5.32 Å². The minimum atomic E-state index is -0.200. The van der Waals surface area contributed by atoms with E-state index in [0.717, 1.165) is 13.0 Å². The third-order valence-corrected chi connectivity index (χ3v) is 4.65. The van der Waals surface area contributed by atoms with Crippen molar-refractivity contribution in [2.75, 3.05) is 6.54 Å². The van der Waals surface area contributed by atoms with E-state index in [0.29, 0.717) is 22.9 Å². The molecule has 0 bridgehead atoms. The molecular weight excluding hydrogens is 285 g/mol. The van der Waals surface area contributed by atoms with Crippen LogP contribution in [0.2, 0.25) is 5.02 Å². The molecular formula is C18H19ClFN. The van der Waals surface area contributed by atoms with Crippen molar-refractivity contribution in [3.8, 4) is 0 Å². The molecule has 0 aromatic heterocycles. The fourth-order valence-corrected chi connectivity index (χ4v) is 3.59. The Kier molecular flexibility index (Phi) is 4.27. The predicted octanol–water partition coefficient (Wildman–Crippen LogP) is 4.54. The van der Waals surface area contributed by atoms with Gasteiger partial charge in [-0.25, -0.2) is 4.39 Å². The lowest BCUT2D eigenvalue weighted by Crippen LogP contribution is -2.26. The molecule has 0 saturated heterocycles. The van der Waals surface area contributed by atoms with Gasteiger partial charge in [-0.1, -0.05) is 48.9 Å². The molecule has 0 radical (unpaired) electrons. The molecule has 110 valence electrons. The molecule has 0 fully saturated rings. The number of rotatable bonds is 4. The lowest BCUT2D eigenvalue weighted by Gasteiger charge is -2.22. The zero-order valence-corrected chi connectivity index (χ0v) is 12.8. The van der Waals surface area contributed by atoms with Crippen LogP contribution in [0.4, 0.5) is 4.39 Å². The van der Waals surface area contributed by atoms with Crippen molar-refractivity contribution in [2.24, 2.45) is 5.92 Å². The second kappa shape index (κ2) is 6.17. The Bertz CT molecular complexity index is 621. The van der Waals surface area contributed by atoms with Crippen LogP contribution in [0.1, 0.15) is 29.7 Å². The maximum absolute atomic E-state index is 14.0. The molecule has 1 nitrogen and oxygen atoms in total. The smallest absolute Gasteiger partial charge is 0.127 e. The molecule has 2 atom stereocenters.